The molecule has 2 rings (SSSR count). The van der Waals surface area contributed by atoms with E-state index in [0.29, 0.717) is 17.0 Å². The van der Waals surface area contributed by atoms with Crippen LogP contribution < -0.4 is 20.5 Å². The molecule has 6 nitrogen and oxygen atoms in total. The van der Waals surface area contributed by atoms with Crippen LogP contribution in [0, 0.1) is 0 Å². The van der Waals surface area contributed by atoms with Gasteiger partial charge in [-0.05, 0) is 18.2 Å². The van der Waals surface area contributed by atoms with Crippen LogP contribution in [-0.2, 0) is 6.54 Å². The third-order valence-corrected chi connectivity index (χ3v) is 2.98. The molecule has 0 atom stereocenters. The van der Waals surface area contributed by atoms with Gasteiger partial charge in [0, 0.05) is 23.5 Å². The predicted molar refractivity (Wildman–Crippen MR) is 103 cm³/mol. The number of nitrogens with two attached hydrogens (primary N) is 1. The number of nitrogens with one attached hydrogen (secondary N) is 1. The van der Waals surface area contributed by atoms with Crippen LogP contribution >= 0.6 is 24.0 Å². The van der Waals surface area contributed by atoms with E-state index < -0.39 is 12.8 Å². The van der Waals surface area contributed by atoms with Gasteiger partial charge in [0.25, 0.3) is 0 Å². The lowest BCUT2D eigenvalue weighted by Crippen LogP contribution is -2.23. The van der Waals surface area contributed by atoms with Crippen molar-refractivity contribution in [3.8, 4) is 11.6 Å². The average Bonchev–Trinajstić information content (AvgIpc) is 2.58. The third-order valence-electron chi connectivity index (χ3n) is 2.98. The number of guanidine groups is 1. The van der Waals surface area contributed by atoms with Crippen molar-refractivity contribution in [2.75, 3.05) is 19.0 Å². The fourth-order valence-corrected chi connectivity index (χ4v) is 1.88. The standard InChI is InChI=1S/C16H17F3N4O2.HI/c1-24-13-6-2-5-12(8-13)23-15(20)22-9-11-4-3-7-21-14(11)25-10-16(17,18)19;/h2-8H,9-10H2,1H3,(H3,20,22,23);1H. The van der Waals surface area contributed by atoms with Gasteiger partial charge in [-0.2, -0.15) is 13.2 Å². The van der Waals surface area contributed by atoms with Gasteiger partial charge in [0.2, 0.25) is 5.88 Å². The number of methoxy groups -OCH3 is 1. The second-order valence-electron chi connectivity index (χ2n) is 4.93. The first-order valence-corrected chi connectivity index (χ1v) is 7.22. The van der Waals surface area contributed by atoms with Crippen molar-refractivity contribution in [1.82, 2.24) is 4.98 Å². The summed E-state index contributed by atoms with van der Waals surface area (Å²) in [6.07, 6.45) is -3.10. The first-order valence-electron chi connectivity index (χ1n) is 7.22. The molecule has 1 aromatic heterocycles. The summed E-state index contributed by atoms with van der Waals surface area (Å²) >= 11 is 0. The molecule has 142 valence electrons. The van der Waals surface area contributed by atoms with Crippen molar-refractivity contribution in [2.24, 2.45) is 10.7 Å². The molecule has 0 radical (unpaired) electrons. The Balaban J connectivity index is 0.00000338. The Bertz CT molecular complexity index is 741. The SMILES string of the molecule is COc1cccc(NC(N)=NCc2cccnc2OCC(F)(F)F)c1.I. The van der Waals surface area contributed by atoms with E-state index in [1.54, 1.807) is 43.5 Å². The van der Waals surface area contributed by atoms with E-state index >= 15 is 0 Å². The third kappa shape index (κ3) is 7.33. The van der Waals surface area contributed by atoms with E-state index in [4.69, 9.17) is 15.2 Å². The van der Waals surface area contributed by atoms with Gasteiger partial charge in [-0.3, -0.25) is 0 Å². The highest BCUT2D eigenvalue weighted by molar-refractivity contribution is 14.0. The first kappa shape index (κ1) is 21.8. The summed E-state index contributed by atoms with van der Waals surface area (Å²) in [4.78, 5) is 7.89. The molecular formula is C16H18F3IN4O2. The van der Waals surface area contributed by atoms with Crippen molar-refractivity contribution < 1.29 is 22.6 Å². The zero-order chi connectivity index (χ0) is 18.3. The fourth-order valence-electron chi connectivity index (χ4n) is 1.88. The van der Waals surface area contributed by atoms with Gasteiger partial charge in [0.1, 0.15) is 5.75 Å². The van der Waals surface area contributed by atoms with Crippen LogP contribution in [0.4, 0.5) is 18.9 Å². The molecular weight excluding hydrogens is 464 g/mol. The van der Waals surface area contributed by atoms with Crippen molar-refractivity contribution in [3.63, 3.8) is 0 Å². The molecule has 0 saturated carbocycles. The van der Waals surface area contributed by atoms with Gasteiger partial charge >= 0.3 is 6.18 Å². The second-order valence-corrected chi connectivity index (χ2v) is 4.93. The minimum atomic E-state index is -4.44. The summed E-state index contributed by atoms with van der Waals surface area (Å²) in [5.74, 6) is 0.615. The van der Waals surface area contributed by atoms with Crippen LogP contribution in [0.2, 0.25) is 0 Å². The van der Waals surface area contributed by atoms with Gasteiger partial charge in [0.15, 0.2) is 12.6 Å². The van der Waals surface area contributed by atoms with E-state index in [1.165, 1.54) is 6.20 Å². The molecule has 1 heterocycles. The van der Waals surface area contributed by atoms with E-state index in [9.17, 15) is 13.2 Å². The number of anilines is 1. The molecule has 1 aromatic carbocycles. The Kier molecular flexibility index (Phi) is 8.42. The van der Waals surface area contributed by atoms with E-state index in [-0.39, 0.29) is 42.4 Å². The first-order chi connectivity index (χ1) is 11.9. The van der Waals surface area contributed by atoms with Crippen LogP contribution in [0.5, 0.6) is 11.6 Å². The fraction of sp³-hybridized carbons (Fsp3) is 0.250. The number of aromatic nitrogens is 1. The molecule has 10 heteroatoms. The lowest BCUT2D eigenvalue weighted by Gasteiger charge is -2.11. The molecule has 0 amide bonds. The summed E-state index contributed by atoms with van der Waals surface area (Å²) in [5.41, 5.74) is 6.85. The second kappa shape index (κ2) is 10.0. The van der Waals surface area contributed by atoms with Crippen molar-refractivity contribution in [2.45, 2.75) is 12.7 Å². The number of alkyl halides is 3. The zero-order valence-electron chi connectivity index (χ0n) is 13.8. The number of nitrogens with zero attached hydrogens (tertiary/aromatic N) is 2. The van der Waals surface area contributed by atoms with Gasteiger partial charge in [-0.1, -0.05) is 12.1 Å². The van der Waals surface area contributed by atoms with Crippen LogP contribution in [0.1, 0.15) is 5.56 Å². The molecule has 0 bridgehead atoms. The molecule has 26 heavy (non-hydrogen) atoms. The molecule has 0 aliphatic heterocycles. The molecule has 0 spiro atoms. The number of pyridine rings is 1. The Labute approximate surface area is 165 Å². The average molecular weight is 482 g/mol. The van der Waals surface area contributed by atoms with Crippen LogP contribution in [0.15, 0.2) is 47.6 Å². The number of benzene rings is 1. The largest absolute Gasteiger partial charge is 0.497 e. The Morgan fingerprint density at radius 1 is 1.27 bits per heavy atom. The maximum Gasteiger partial charge on any atom is 0.422 e. The highest BCUT2D eigenvalue weighted by Gasteiger charge is 2.29. The monoisotopic (exact) mass is 482 g/mol. The van der Waals surface area contributed by atoms with Crippen molar-refractivity contribution in [3.05, 3.63) is 48.2 Å². The smallest absolute Gasteiger partial charge is 0.422 e. The highest BCUT2D eigenvalue weighted by Crippen LogP contribution is 2.21. The maximum atomic E-state index is 12.3. The van der Waals surface area contributed by atoms with Gasteiger partial charge < -0.3 is 20.5 Å². The summed E-state index contributed by atoms with van der Waals surface area (Å²) in [6.45, 7) is -1.40. The number of halogens is 4. The molecule has 3 N–H and O–H groups in total. The Morgan fingerprint density at radius 2 is 2.04 bits per heavy atom. The number of hydrogen-bond acceptors (Lipinski definition) is 4. The summed E-state index contributed by atoms with van der Waals surface area (Å²) in [5, 5.41) is 2.87. The van der Waals surface area contributed by atoms with Gasteiger partial charge in [-0.15, -0.1) is 24.0 Å². The summed E-state index contributed by atoms with van der Waals surface area (Å²) in [7, 11) is 1.54. The number of ether oxygens (including phenoxy) is 2. The number of rotatable bonds is 6. The molecule has 0 fully saturated rings. The molecule has 0 aliphatic rings. The molecule has 0 aliphatic carbocycles. The highest BCUT2D eigenvalue weighted by atomic mass is 127. The van der Waals surface area contributed by atoms with Gasteiger partial charge in [0.05, 0.1) is 13.7 Å². The van der Waals surface area contributed by atoms with Crippen LogP contribution in [0.3, 0.4) is 0 Å². The van der Waals surface area contributed by atoms with E-state index in [0.717, 1.165) is 0 Å². The summed E-state index contributed by atoms with van der Waals surface area (Å²) in [6, 6.07) is 10.2. The normalized spacial score (nSPS) is 11.5. The topological polar surface area (TPSA) is 81.8 Å². The summed E-state index contributed by atoms with van der Waals surface area (Å²) < 4.78 is 46.6. The quantitative estimate of drug-likeness (QED) is 0.374. The van der Waals surface area contributed by atoms with Gasteiger partial charge in [-0.25, -0.2) is 9.98 Å². The lowest BCUT2D eigenvalue weighted by atomic mass is 10.3. The van der Waals surface area contributed by atoms with Crippen molar-refractivity contribution >= 4 is 35.6 Å². The predicted octanol–water partition coefficient (Wildman–Crippen LogP) is 3.58. The lowest BCUT2D eigenvalue weighted by molar-refractivity contribution is -0.154. The number of hydrogen-bond donors (Lipinski definition) is 2. The Hall–Kier alpha value is -2.24. The molecule has 0 unspecified atom stereocenters. The van der Waals surface area contributed by atoms with Crippen LogP contribution in [0.25, 0.3) is 0 Å². The van der Waals surface area contributed by atoms with Crippen molar-refractivity contribution in [1.29, 1.82) is 0 Å². The Morgan fingerprint density at radius 3 is 2.73 bits per heavy atom. The number of aliphatic imine (C=N–C) groups is 1. The van der Waals surface area contributed by atoms with Crippen LogP contribution in [-0.4, -0.2) is 30.8 Å². The minimum Gasteiger partial charge on any atom is -0.497 e. The zero-order valence-corrected chi connectivity index (χ0v) is 16.1. The van der Waals surface area contributed by atoms with E-state index in [2.05, 4.69) is 15.3 Å². The van der Waals surface area contributed by atoms with E-state index in [1.807, 2.05) is 0 Å². The minimum absolute atomic E-state index is 0. The molecule has 2 aromatic rings. The molecule has 0 saturated heterocycles. The maximum absolute atomic E-state index is 12.3.